The van der Waals surface area contributed by atoms with Crippen molar-refractivity contribution in [3.63, 3.8) is 0 Å². The molecule has 6 nitrogen and oxygen atoms in total. The van der Waals surface area contributed by atoms with Gasteiger partial charge in [-0.2, -0.15) is 0 Å². The largest absolute Gasteiger partial charge is 0.464 e. The number of benzene rings is 1. The summed E-state index contributed by atoms with van der Waals surface area (Å²) < 4.78 is 10.1. The number of amides is 1. The number of ether oxygens (including phenoxy) is 2. The number of hydrogen-bond donors (Lipinski definition) is 2. The summed E-state index contributed by atoms with van der Waals surface area (Å²) in [5.41, 5.74) is 7.43. The minimum Gasteiger partial charge on any atom is -0.464 e. The first kappa shape index (κ1) is 17.1. The van der Waals surface area contributed by atoms with E-state index in [4.69, 9.17) is 15.2 Å². The van der Waals surface area contributed by atoms with Crippen molar-refractivity contribution in [2.45, 2.75) is 33.0 Å². The molecule has 1 aromatic rings. The third-order valence-corrected chi connectivity index (χ3v) is 2.86. The van der Waals surface area contributed by atoms with E-state index in [1.54, 1.807) is 6.92 Å². The van der Waals surface area contributed by atoms with Crippen LogP contribution in [0.5, 0.6) is 0 Å². The van der Waals surface area contributed by atoms with Crippen LogP contribution in [0.2, 0.25) is 0 Å². The molecule has 21 heavy (non-hydrogen) atoms. The molecular formula is C15H22N2O4. The lowest BCUT2D eigenvalue weighted by atomic mass is 10.1. The zero-order valence-electron chi connectivity index (χ0n) is 12.4. The molecular weight excluding hydrogens is 272 g/mol. The highest BCUT2D eigenvalue weighted by atomic mass is 16.5. The van der Waals surface area contributed by atoms with Crippen LogP contribution in [-0.4, -0.2) is 31.1 Å². The molecule has 0 aliphatic rings. The standard InChI is InChI=1S/C15H22N2O4/c1-3-20-10-12-8-6-5-7-11(12)9-17-14(18)13(16)15(19)21-4-2/h5-8,13H,3-4,9-10,16H2,1-2H3,(H,17,18). The summed E-state index contributed by atoms with van der Waals surface area (Å²) >= 11 is 0. The molecule has 0 bridgehead atoms. The third kappa shape index (κ3) is 5.53. The summed E-state index contributed by atoms with van der Waals surface area (Å²) in [7, 11) is 0. The quantitative estimate of drug-likeness (QED) is 0.545. The van der Waals surface area contributed by atoms with Crippen molar-refractivity contribution in [3.05, 3.63) is 35.4 Å². The van der Waals surface area contributed by atoms with E-state index in [0.717, 1.165) is 11.1 Å². The monoisotopic (exact) mass is 294 g/mol. The predicted molar refractivity (Wildman–Crippen MR) is 78.2 cm³/mol. The smallest absolute Gasteiger partial charge is 0.332 e. The molecule has 0 saturated heterocycles. The number of nitrogens with two attached hydrogens (primary N) is 1. The molecule has 1 rings (SSSR count). The van der Waals surface area contributed by atoms with Gasteiger partial charge in [0.25, 0.3) is 0 Å². The first-order valence-electron chi connectivity index (χ1n) is 6.94. The van der Waals surface area contributed by atoms with Crippen molar-refractivity contribution in [3.8, 4) is 0 Å². The van der Waals surface area contributed by atoms with Crippen molar-refractivity contribution in [1.29, 1.82) is 0 Å². The van der Waals surface area contributed by atoms with E-state index < -0.39 is 17.9 Å². The van der Waals surface area contributed by atoms with Gasteiger partial charge in [0.1, 0.15) is 0 Å². The van der Waals surface area contributed by atoms with Gasteiger partial charge in [0.2, 0.25) is 5.91 Å². The third-order valence-electron chi connectivity index (χ3n) is 2.86. The van der Waals surface area contributed by atoms with Crippen LogP contribution in [0.15, 0.2) is 24.3 Å². The minimum atomic E-state index is -1.30. The highest BCUT2D eigenvalue weighted by Gasteiger charge is 2.23. The van der Waals surface area contributed by atoms with Crippen molar-refractivity contribution in [2.24, 2.45) is 5.73 Å². The zero-order valence-corrected chi connectivity index (χ0v) is 12.4. The Kier molecular flexibility index (Phi) is 7.42. The Balaban J connectivity index is 2.58. The molecule has 3 N–H and O–H groups in total. The predicted octanol–water partition coefficient (Wildman–Crippen LogP) is 0.730. The van der Waals surface area contributed by atoms with E-state index >= 15 is 0 Å². The fourth-order valence-electron chi connectivity index (χ4n) is 1.71. The van der Waals surface area contributed by atoms with Crippen LogP contribution in [-0.2, 0) is 32.2 Å². The van der Waals surface area contributed by atoms with Gasteiger partial charge < -0.3 is 20.5 Å². The topological polar surface area (TPSA) is 90.6 Å². The number of nitrogens with one attached hydrogen (secondary N) is 1. The molecule has 0 aliphatic heterocycles. The van der Waals surface area contributed by atoms with Crippen LogP contribution < -0.4 is 11.1 Å². The van der Waals surface area contributed by atoms with E-state index in [1.807, 2.05) is 31.2 Å². The summed E-state index contributed by atoms with van der Waals surface area (Å²) in [6.07, 6.45) is 0. The van der Waals surface area contributed by atoms with E-state index in [9.17, 15) is 9.59 Å². The Hall–Kier alpha value is -1.92. The number of carbonyl (C=O) groups excluding carboxylic acids is 2. The maximum atomic E-state index is 11.8. The van der Waals surface area contributed by atoms with Crippen molar-refractivity contribution in [2.75, 3.05) is 13.2 Å². The second kappa shape index (κ2) is 9.10. The van der Waals surface area contributed by atoms with Crippen LogP contribution in [0.1, 0.15) is 25.0 Å². The molecule has 1 aromatic carbocycles. The van der Waals surface area contributed by atoms with Gasteiger partial charge in [0.15, 0.2) is 6.04 Å². The van der Waals surface area contributed by atoms with Gasteiger partial charge >= 0.3 is 5.97 Å². The molecule has 116 valence electrons. The molecule has 1 unspecified atom stereocenters. The van der Waals surface area contributed by atoms with Crippen LogP contribution in [0.25, 0.3) is 0 Å². The Morgan fingerprint density at radius 1 is 1.19 bits per heavy atom. The molecule has 0 saturated carbocycles. The number of esters is 1. The van der Waals surface area contributed by atoms with Gasteiger partial charge in [-0.3, -0.25) is 4.79 Å². The lowest BCUT2D eigenvalue weighted by Gasteiger charge is -2.13. The fourth-order valence-corrected chi connectivity index (χ4v) is 1.71. The van der Waals surface area contributed by atoms with E-state index in [-0.39, 0.29) is 13.2 Å². The van der Waals surface area contributed by atoms with E-state index in [2.05, 4.69) is 5.32 Å². The molecule has 0 aliphatic carbocycles. The lowest BCUT2D eigenvalue weighted by Crippen LogP contribution is -2.46. The number of hydrogen-bond acceptors (Lipinski definition) is 5. The molecule has 0 aromatic heterocycles. The molecule has 6 heteroatoms. The maximum absolute atomic E-state index is 11.8. The highest BCUT2D eigenvalue weighted by molar-refractivity contribution is 6.01. The van der Waals surface area contributed by atoms with Crippen LogP contribution in [0, 0.1) is 0 Å². The molecule has 0 spiro atoms. The van der Waals surface area contributed by atoms with Crippen LogP contribution in [0.3, 0.4) is 0 Å². The summed E-state index contributed by atoms with van der Waals surface area (Å²) in [6, 6.07) is 6.31. The van der Waals surface area contributed by atoms with Gasteiger partial charge in [-0.25, -0.2) is 4.79 Å². The molecule has 0 radical (unpaired) electrons. The minimum absolute atomic E-state index is 0.191. The van der Waals surface area contributed by atoms with Crippen LogP contribution >= 0.6 is 0 Å². The summed E-state index contributed by atoms with van der Waals surface area (Å²) in [5.74, 6) is -1.28. The molecule has 1 amide bonds. The van der Waals surface area contributed by atoms with Crippen molar-refractivity contribution >= 4 is 11.9 Å². The normalized spacial score (nSPS) is 11.8. The average Bonchev–Trinajstić information content (AvgIpc) is 2.50. The van der Waals surface area contributed by atoms with Gasteiger partial charge in [-0.05, 0) is 25.0 Å². The van der Waals surface area contributed by atoms with E-state index in [1.165, 1.54) is 0 Å². The van der Waals surface area contributed by atoms with Gasteiger partial charge in [-0.1, -0.05) is 24.3 Å². The Labute approximate surface area is 124 Å². The highest BCUT2D eigenvalue weighted by Crippen LogP contribution is 2.10. The van der Waals surface area contributed by atoms with Crippen molar-refractivity contribution in [1.82, 2.24) is 5.32 Å². The second-order valence-corrected chi connectivity index (χ2v) is 4.35. The maximum Gasteiger partial charge on any atom is 0.332 e. The number of rotatable bonds is 8. The average molecular weight is 294 g/mol. The summed E-state index contributed by atoms with van der Waals surface area (Å²) in [4.78, 5) is 23.2. The van der Waals surface area contributed by atoms with Gasteiger partial charge in [0, 0.05) is 13.2 Å². The Bertz CT molecular complexity index is 476. The van der Waals surface area contributed by atoms with Gasteiger partial charge in [0.05, 0.1) is 13.2 Å². The first-order valence-corrected chi connectivity index (χ1v) is 6.94. The lowest BCUT2D eigenvalue weighted by molar-refractivity contribution is -0.148. The first-order chi connectivity index (χ1) is 10.1. The summed E-state index contributed by atoms with van der Waals surface area (Å²) in [6.45, 7) is 5.16. The molecule has 0 heterocycles. The second-order valence-electron chi connectivity index (χ2n) is 4.35. The number of carbonyl (C=O) groups is 2. The SMILES string of the molecule is CCOCc1ccccc1CNC(=O)C(N)C(=O)OCC. The van der Waals surface area contributed by atoms with E-state index in [0.29, 0.717) is 13.2 Å². The Morgan fingerprint density at radius 3 is 2.48 bits per heavy atom. The zero-order chi connectivity index (χ0) is 15.7. The van der Waals surface area contributed by atoms with Crippen molar-refractivity contribution < 1.29 is 19.1 Å². The fraction of sp³-hybridized carbons (Fsp3) is 0.467. The Morgan fingerprint density at radius 2 is 1.86 bits per heavy atom. The van der Waals surface area contributed by atoms with Gasteiger partial charge in [-0.15, -0.1) is 0 Å². The molecule has 1 atom stereocenters. The summed E-state index contributed by atoms with van der Waals surface area (Å²) in [5, 5.41) is 2.63. The van der Waals surface area contributed by atoms with Crippen LogP contribution in [0.4, 0.5) is 0 Å². The molecule has 0 fully saturated rings.